The molecule has 0 aliphatic carbocycles. The Morgan fingerprint density at radius 3 is 2.29 bits per heavy atom. The van der Waals surface area contributed by atoms with E-state index in [0.717, 1.165) is 18.4 Å². The first kappa shape index (κ1) is 14.4. The molecule has 0 atom stereocenters. The van der Waals surface area contributed by atoms with Crippen LogP contribution < -0.4 is 0 Å². The van der Waals surface area contributed by atoms with Gasteiger partial charge in [-0.3, -0.25) is 0 Å². The van der Waals surface area contributed by atoms with Crippen molar-refractivity contribution >= 4 is 11.6 Å². The standard InChI is InChI=1S/C15H23ClO/c1-2-3-4-5-6-7-8-10-13-14(16)11-9-12-15(13)17/h9,11-12,17H,2-8,10H2,1H3. The van der Waals surface area contributed by atoms with Crippen molar-refractivity contribution in [1.82, 2.24) is 0 Å². The van der Waals surface area contributed by atoms with Crippen LogP contribution in [0.15, 0.2) is 18.2 Å². The van der Waals surface area contributed by atoms with E-state index in [0.29, 0.717) is 10.8 Å². The van der Waals surface area contributed by atoms with Crippen molar-refractivity contribution < 1.29 is 5.11 Å². The first-order valence-corrected chi connectivity index (χ1v) is 7.10. The average Bonchev–Trinajstić information content (AvgIpc) is 2.31. The van der Waals surface area contributed by atoms with E-state index >= 15 is 0 Å². The van der Waals surface area contributed by atoms with E-state index < -0.39 is 0 Å². The summed E-state index contributed by atoms with van der Waals surface area (Å²) in [5, 5.41) is 10.4. The molecular weight excluding hydrogens is 232 g/mol. The van der Waals surface area contributed by atoms with Crippen molar-refractivity contribution in [3.8, 4) is 5.75 Å². The Morgan fingerprint density at radius 1 is 1.00 bits per heavy atom. The highest BCUT2D eigenvalue weighted by Gasteiger charge is 2.05. The van der Waals surface area contributed by atoms with Gasteiger partial charge in [-0.2, -0.15) is 0 Å². The van der Waals surface area contributed by atoms with E-state index in [2.05, 4.69) is 6.92 Å². The Kier molecular flexibility index (Phi) is 7.11. The molecule has 0 saturated carbocycles. The summed E-state index contributed by atoms with van der Waals surface area (Å²) in [5.74, 6) is 0.337. The zero-order valence-electron chi connectivity index (χ0n) is 10.7. The van der Waals surface area contributed by atoms with Gasteiger partial charge in [0, 0.05) is 10.6 Å². The predicted molar refractivity (Wildman–Crippen MR) is 74.8 cm³/mol. The van der Waals surface area contributed by atoms with Crippen molar-refractivity contribution in [2.75, 3.05) is 0 Å². The highest BCUT2D eigenvalue weighted by molar-refractivity contribution is 6.31. The number of halogens is 1. The summed E-state index contributed by atoms with van der Waals surface area (Å²) in [4.78, 5) is 0. The molecule has 17 heavy (non-hydrogen) atoms. The third-order valence-corrected chi connectivity index (χ3v) is 3.48. The van der Waals surface area contributed by atoms with E-state index in [1.54, 1.807) is 12.1 Å². The van der Waals surface area contributed by atoms with Crippen LogP contribution in [0.4, 0.5) is 0 Å². The number of benzene rings is 1. The van der Waals surface area contributed by atoms with E-state index in [1.807, 2.05) is 6.07 Å². The van der Waals surface area contributed by atoms with Crippen molar-refractivity contribution in [1.29, 1.82) is 0 Å². The minimum Gasteiger partial charge on any atom is -0.508 e. The van der Waals surface area contributed by atoms with E-state index in [4.69, 9.17) is 11.6 Å². The molecular formula is C15H23ClO. The van der Waals surface area contributed by atoms with Gasteiger partial charge < -0.3 is 5.11 Å². The fourth-order valence-corrected chi connectivity index (χ4v) is 2.32. The molecule has 96 valence electrons. The second-order valence-corrected chi connectivity index (χ2v) is 5.02. The average molecular weight is 255 g/mol. The molecule has 0 aromatic heterocycles. The quantitative estimate of drug-likeness (QED) is 0.621. The Balaban J connectivity index is 2.18. The van der Waals surface area contributed by atoms with Crippen molar-refractivity contribution in [2.45, 2.75) is 58.3 Å². The molecule has 0 bridgehead atoms. The lowest BCUT2D eigenvalue weighted by Gasteiger charge is -2.06. The summed E-state index contributed by atoms with van der Waals surface area (Å²) < 4.78 is 0. The topological polar surface area (TPSA) is 20.2 Å². The van der Waals surface area contributed by atoms with Crippen LogP contribution in [0.25, 0.3) is 0 Å². The Morgan fingerprint density at radius 2 is 1.65 bits per heavy atom. The number of hydrogen-bond donors (Lipinski definition) is 1. The van der Waals surface area contributed by atoms with Gasteiger partial charge >= 0.3 is 0 Å². The summed E-state index contributed by atoms with van der Waals surface area (Å²) in [6.45, 7) is 2.24. The smallest absolute Gasteiger partial charge is 0.120 e. The van der Waals surface area contributed by atoms with Crippen LogP contribution in [-0.2, 0) is 6.42 Å². The van der Waals surface area contributed by atoms with Crippen molar-refractivity contribution in [2.24, 2.45) is 0 Å². The summed E-state index contributed by atoms with van der Waals surface area (Å²) in [7, 11) is 0. The van der Waals surface area contributed by atoms with Crippen LogP contribution in [-0.4, -0.2) is 5.11 Å². The molecule has 0 radical (unpaired) electrons. The minimum atomic E-state index is 0.337. The lowest BCUT2D eigenvalue weighted by molar-refractivity contribution is 0.466. The van der Waals surface area contributed by atoms with Gasteiger partial charge in [-0.05, 0) is 25.0 Å². The minimum absolute atomic E-state index is 0.337. The molecule has 0 saturated heterocycles. The fourth-order valence-electron chi connectivity index (χ4n) is 2.05. The first-order chi connectivity index (χ1) is 8.25. The van der Waals surface area contributed by atoms with Gasteiger partial charge in [-0.15, -0.1) is 0 Å². The molecule has 0 heterocycles. The van der Waals surface area contributed by atoms with Crippen LogP contribution in [0.5, 0.6) is 5.75 Å². The number of hydrogen-bond acceptors (Lipinski definition) is 1. The zero-order valence-corrected chi connectivity index (χ0v) is 11.5. The fraction of sp³-hybridized carbons (Fsp3) is 0.600. The maximum absolute atomic E-state index is 9.68. The zero-order chi connectivity index (χ0) is 12.5. The van der Waals surface area contributed by atoms with Crippen LogP contribution >= 0.6 is 11.6 Å². The maximum Gasteiger partial charge on any atom is 0.120 e. The number of phenolic OH excluding ortho intramolecular Hbond substituents is 1. The van der Waals surface area contributed by atoms with Gasteiger partial charge in [0.15, 0.2) is 0 Å². The van der Waals surface area contributed by atoms with Gasteiger partial charge in [0.2, 0.25) is 0 Å². The molecule has 1 nitrogen and oxygen atoms in total. The lowest BCUT2D eigenvalue weighted by atomic mass is 10.0. The number of rotatable bonds is 8. The second kappa shape index (κ2) is 8.41. The SMILES string of the molecule is CCCCCCCCCc1c(O)cccc1Cl. The molecule has 2 heteroatoms. The molecule has 0 amide bonds. The summed E-state index contributed by atoms with van der Waals surface area (Å²) in [5.41, 5.74) is 0.905. The van der Waals surface area contributed by atoms with E-state index in [9.17, 15) is 5.11 Å². The van der Waals surface area contributed by atoms with Gasteiger partial charge in [0.05, 0.1) is 0 Å². The maximum atomic E-state index is 9.68. The van der Waals surface area contributed by atoms with Crippen LogP contribution in [0.2, 0.25) is 5.02 Å². The summed E-state index contributed by atoms with van der Waals surface area (Å²) in [6.07, 6.45) is 9.87. The normalized spacial score (nSPS) is 10.7. The van der Waals surface area contributed by atoms with Crippen molar-refractivity contribution in [3.63, 3.8) is 0 Å². The number of unbranched alkanes of at least 4 members (excludes halogenated alkanes) is 6. The summed E-state index contributed by atoms with van der Waals surface area (Å²) in [6, 6.07) is 5.34. The lowest BCUT2D eigenvalue weighted by Crippen LogP contribution is -1.88. The second-order valence-electron chi connectivity index (χ2n) is 4.61. The molecule has 1 rings (SSSR count). The number of phenols is 1. The monoisotopic (exact) mass is 254 g/mol. The van der Waals surface area contributed by atoms with Gasteiger partial charge in [-0.1, -0.05) is 63.1 Å². The van der Waals surface area contributed by atoms with Crippen LogP contribution in [0.1, 0.15) is 57.4 Å². The van der Waals surface area contributed by atoms with Crippen LogP contribution in [0, 0.1) is 0 Å². The largest absolute Gasteiger partial charge is 0.508 e. The molecule has 0 spiro atoms. The van der Waals surface area contributed by atoms with E-state index in [-0.39, 0.29) is 0 Å². The highest BCUT2D eigenvalue weighted by Crippen LogP contribution is 2.27. The first-order valence-electron chi connectivity index (χ1n) is 6.72. The predicted octanol–water partition coefficient (Wildman–Crippen LogP) is 5.34. The van der Waals surface area contributed by atoms with E-state index in [1.165, 1.54) is 38.5 Å². The summed E-state index contributed by atoms with van der Waals surface area (Å²) >= 11 is 6.05. The molecule has 0 aliphatic rings. The van der Waals surface area contributed by atoms with Gasteiger partial charge in [0.1, 0.15) is 5.75 Å². The molecule has 1 aromatic rings. The molecule has 1 aromatic carbocycles. The Labute approximate surface area is 110 Å². The molecule has 0 fully saturated rings. The van der Waals surface area contributed by atoms with Crippen LogP contribution in [0.3, 0.4) is 0 Å². The Bertz CT molecular complexity index is 302. The highest BCUT2D eigenvalue weighted by atomic mass is 35.5. The Hall–Kier alpha value is -0.690. The van der Waals surface area contributed by atoms with Gasteiger partial charge in [0.25, 0.3) is 0 Å². The van der Waals surface area contributed by atoms with Crippen molar-refractivity contribution in [3.05, 3.63) is 28.8 Å². The molecule has 0 unspecified atom stereocenters. The number of aromatic hydroxyl groups is 1. The third-order valence-electron chi connectivity index (χ3n) is 3.12. The van der Waals surface area contributed by atoms with Gasteiger partial charge in [-0.25, -0.2) is 0 Å². The molecule has 1 N–H and O–H groups in total. The third kappa shape index (κ3) is 5.45. The molecule has 0 aliphatic heterocycles.